The quantitative estimate of drug-likeness (QED) is 0.182. The van der Waals surface area contributed by atoms with E-state index in [9.17, 15) is 29.1 Å². The molecule has 0 spiro atoms. The number of esters is 3. The number of hydrogen-bond donors (Lipinski definition) is 2. The minimum Gasteiger partial charge on any atom is -0.481 e. The first-order valence-electron chi connectivity index (χ1n) is 10.7. The summed E-state index contributed by atoms with van der Waals surface area (Å²) in [6.45, 7) is 3.53. The van der Waals surface area contributed by atoms with Crippen molar-refractivity contribution in [3.63, 3.8) is 0 Å². The molecule has 1 aliphatic rings. The Morgan fingerprint density at radius 2 is 1.48 bits per heavy atom. The first-order chi connectivity index (χ1) is 15.6. The van der Waals surface area contributed by atoms with Crippen LogP contribution < -0.4 is 5.32 Å². The fraction of sp³-hybridized carbons (Fsp3) is 0.682. The van der Waals surface area contributed by atoms with Crippen LogP contribution in [-0.4, -0.2) is 66.0 Å². The minimum absolute atomic E-state index is 0.288. The van der Waals surface area contributed by atoms with Crippen molar-refractivity contribution < 1.29 is 48.0 Å². The Morgan fingerprint density at radius 3 is 2.03 bits per heavy atom. The Balaban J connectivity index is 3.08. The number of hydrogen-bond acceptors (Lipinski definition) is 9. The third-order valence-corrected chi connectivity index (χ3v) is 4.79. The van der Waals surface area contributed by atoms with E-state index >= 15 is 0 Å². The highest BCUT2D eigenvalue weighted by molar-refractivity contribution is 5.82. The van der Waals surface area contributed by atoms with Gasteiger partial charge in [0, 0.05) is 33.7 Å². The summed E-state index contributed by atoms with van der Waals surface area (Å²) in [4.78, 5) is 59.3. The van der Waals surface area contributed by atoms with Gasteiger partial charge in [-0.2, -0.15) is 0 Å². The van der Waals surface area contributed by atoms with E-state index in [0.29, 0.717) is 12.8 Å². The Hall–Kier alpha value is -3.13. The van der Waals surface area contributed by atoms with Gasteiger partial charge in [-0.05, 0) is 12.8 Å². The zero-order valence-electron chi connectivity index (χ0n) is 19.0. The number of aliphatic carboxylic acids is 1. The second-order valence-electron chi connectivity index (χ2n) is 7.60. The molecule has 184 valence electrons. The number of nitrogens with one attached hydrogen (secondary N) is 1. The summed E-state index contributed by atoms with van der Waals surface area (Å²) in [6, 6.07) is 0. The second kappa shape index (κ2) is 14.1. The zero-order valence-corrected chi connectivity index (χ0v) is 19.0. The fourth-order valence-electron chi connectivity index (χ4n) is 3.51. The molecule has 1 aliphatic heterocycles. The van der Waals surface area contributed by atoms with Gasteiger partial charge in [0.2, 0.25) is 6.29 Å². The van der Waals surface area contributed by atoms with Crippen LogP contribution in [-0.2, 0) is 42.9 Å². The maximum atomic E-state index is 12.9. The molecule has 11 nitrogen and oxygen atoms in total. The van der Waals surface area contributed by atoms with E-state index < -0.39 is 66.7 Å². The van der Waals surface area contributed by atoms with Gasteiger partial charge < -0.3 is 29.4 Å². The van der Waals surface area contributed by atoms with Crippen molar-refractivity contribution >= 4 is 29.8 Å². The molecule has 33 heavy (non-hydrogen) atoms. The van der Waals surface area contributed by atoms with Crippen LogP contribution in [0.5, 0.6) is 0 Å². The standard InChI is InChI=1S/C22H31NO10/c1-5-6-7-8-9-10-11-23-21(29)20-18(30-13(2)24)16(12-17(27)28)19(31-14(3)25)22(33-20)32-15(4)26/h1,16,18-20,22H,6-12H2,2-4H3,(H,23,29)(H,27,28)/t16-,18-,19+,20?,22+/m0/s1. The lowest BCUT2D eigenvalue weighted by atomic mass is 9.85. The van der Waals surface area contributed by atoms with Crippen LogP contribution in [0.1, 0.15) is 59.3 Å². The zero-order chi connectivity index (χ0) is 25.0. The molecule has 0 aromatic rings. The third-order valence-electron chi connectivity index (χ3n) is 4.79. The number of amides is 1. The molecule has 5 atom stereocenters. The number of carboxylic acids is 1. The molecule has 0 radical (unpaired) electrons. The number of carbonyl (C=O) groups excluding carboxylic acids is 4. The molecule has 0 bridgehead atoms. The van der Waals surface area contributed by atoms with Crippen LogP contribution in [0.2, 0.25) is 0 Å². The number of carboxylic acid groups (broad SMARTS) is 1. The predicted octanol–water partition coefficient (Wildman–Crippen LogP) is 0.929. The van der Waals surface area contributed by atoms with Gasteiger partial charge in [0.15, 0.2) is 12.2 Å². The van der Waals surface area contributed by atoms with Crippen molar-refractivity contribution in [3.8, 4) is 12.3 Å². The van der Waals surface area contributed by atoms with Gasteiger partial charge in [-0.15, -0.1) is 12.3 Å². The molecule has 0 saturated carbocycles. The Bertz CT molecular complexity index is 759. The van der Waals surface area contributed by atoms with Crippen LogP contribution in [0.3, 0.4) is 0 Å². The second-order valence-corrected chi connectivity index (χ2v) is 7.60. The van der Waals surface area contributed by atoms with E-state index in [-0.39, 0.29) is 6.54 Å². The van der Waals surface area contributed by atoms with Gasteiger partial charge in [-0.25, -0.2) is 0 Å². The highest BCUT2D eigenvalue weighted by atomic mass is 16.7. The normalized spacial score (nSPS) is 24.1. The van der Waals surface area contributed by atoms with E-state index in [2.05, 4.69) is 11.2 Å². The summed E-state index contributed by atoms with van der Waals surface area (Å²) in [5, 5.41) is 12.0. The molecule has 1 unspecified atom stereocenters. The lowest BCUT2D eigenvalue weighted by molar-refractivity contribution is -0.278. The molecule has 2 N–H and O–H groups in total. The molecule has 0 aliphatic carbocycles. The first-order valence-corrected chi connectivity index (χ1v) is 10.7. The van der Waals surface area contributed by atoms with Crippen LogP contribution in [0, 0.1) is 18.3 Å². The fourth-order valence-corrected chi connectivity index (χ4v) is 3.51. The molecule has 1 saturated heterocycles. The van der Waals surface area contributed by atoms with E-state index in [1.165, 1.54) is 0 Å². The van der Waals surface area contributed by atoms with Gasteiger partial charge >= 0.3 is 23.9 Å². The van der Waals surface area contributed by atoms with Crippen molar-refractivity contribution in [3.05, 3.63) is 0 Å². The van der Waals surface area contributed by atoms with Crippen molar-refractivity contribution in [2.75, 3.05) is 6.54 Å². The molecule has 1 fully saturated rings. The predicted molar refractivity (Wildman–Crippen MR) is 112 cm³/mol. The highest BCUT2D eigenvalue weighted by Crippen LogP contribution is 2.34. The molecule has 1 rings (SSSR count). The number of ether oxygens (including phenoxy) is 4. The highest BCUT2D eigenvalue weighted by Gasteiger charge is 2.54. The minimum atomic E-state index is -1.57. The molecular formula is C22H31NO10. The number of terminal acetylenes is 1. The molecule has 11 heteroatoms. The Labute approximate surface area is 192 Å². The van der Waals surface area contributed by atoms with E-state index in [4.69, 9.17) is 25.4 Å². The summed E-state index contributed by atoms with van der Waals surface area (Å²) in [6.07, 6.45) is 2.64. The van der Waals surface area contributed by atoms with Gasteiger partial charge in [0.1, 0.15) is 6.10 Å². The van der Waals surface area contributed by atoms with Crippen molar-refractivity contribution in [1.29, 1.82) is 0 Å². The summed E-state index contributed by atoms with van der Waals surface area (Å²) in [7, 11) is 0. The average molecular weight is 469 g/mol. The largest absolute Gasteiger partial charge is 0.481 e. The summed E-state index contributed by atoms with van der Waals surface area (Å²) in [5.74, 6) is -3.04. The van der Waals surface area contributed by atoms with E-state index in [1.807, 2.05) is 0 Å². The van der Waals surface area contributed by atoms with E-state index in [1.54, 1.807) is 0 Å². The van der Waals surface area contributed by atoms with Gasteiger partial charge in [-0.1, -0.05) is 12.8 Å². The lowest BCUT2D eigenvalue weighted by Crippen LogP contribution is -2.62. The summed E-state index contributed by atoms with van der Waals surface area (Å²) >= 11 is 0. The number of carbonyl (C=O) groups is 5. The van der Waals surface area contributed by atoms with Gasteiger partial charge in [0.25, 0.3) is 5.91 Å². The SMILES string of the molecule is C#CCCCCCCNC(=O)C1O[C@@H](OC(C)=O)[C@H](OC(C)=O)[C@@H](CC(=O)O)[C@@H]1OC(C)=O. The summed E-state index contributed by atoms with van der Waals surface area (Å²) in [5.41, 5.74) is 0. The smallest absolute Gasteiger partial charge is 0.305 e. The first kappa shape index (κ1) is 27.9. The third kappa shape index (κ3) is 9.91. The number of rotatable bonds is 12. The molecule has 0 aromatic carbocycles. The number of unbranched alkanes of at least 4 members (excludes halogenated alkanes) is 4. The van der Waals surface area contributed by atoms with E-state index in [0.717, 1.165) is 40.0 Å². The van der Waals surface area contributed by atoms with Crippen LogP contribution in [0.4, 0.5) is 0 Å². The Morgan fingerprint density at radius 1 is 0.909 bits per heavy atom. The van der Waals surface area contributed by atoms with Crippen molar-refractivity contribution in [2.24, 2.45) is 5.92 Å². The van der Waals surface area contributed by atoms with Crippen molar-refractivity contribution in [2.45, 2.75) is 83.9 Å². The maximum Gasteiger partial charge on any atom is 0.305 e. The van der Waals surface area contributed by atoms with Crippen LogP contribution in [0.25, 0.3) is 0 Å². The molecule has 1 heterocycles. The van der Waals surface area contributed by atoms with Crippen LogP contribution >= 0.6 is 0 Å². The molecular weight excluding hydrogens is 438 g/mol. The van der Waals surface area contributed by atoms with Crippen LogP contribution in [0.15, 0.2) is 0 Å². The van der Waals surface area contributed by atoms with Gasteiger partial charge in [0.05, 0.1) is 12.3 Å². The lowest BCUT2D eigenvalue weighted by Gasteiger charge is -2.43. The maximum absolute atomic E-state index is 12.9. The Kier molecular flexibility index (Phi) is 11.9. The summed E-state index contributed by atoms with van der Waals surface area (Å²) < 4.78 is 21.0. The van der Waals surface area contributed by atoms with Crippen molar-refractivity contribution in [1.82, 2.24) is 5.32 Å². The topological polar surface area (TPSA) is 155 Å². The molecule has 0 aromatic heterocycles. The average Bonchev–Trinajstić information content (AvgIpc) is 2.69. The monoisotopic (exact) mass is 469 g/mol. The van der Waals surface area contributed by atoms with Gasteiger partial charge in [-0.3, -0.25) is 24.0 Å². The molecule has 1 amide bonds.